The van der Waals surface area contributed by atoms with Gasteiger partial charge in [-0.2, -0.15) is 0 Å². The first-order valence-corrected chi connectivity index (χ1v) is 10.6. The van der Waals surface area contributed by atoms with Crippen LogP contribution < -0.4 is 10.1 Å². The van der Waals surface area contributed by atoms with Crippen LogP contribution in [0, 0.1) is 5.92 Å². The van der Waals surface area contributed by atoms with Crippen LogP contribution in [0.1, 0.15) is 32.6 Å². The standard InChI is InChI=1S/C24H28N2O5/c1-2-30-24(29)18-14-16-26(17-15-18)23(28)13-12-22(27)25-19-8-10-21(11-9-19)31-20-6-4-3-5-7-20/h3-11,18H,2,12-17H2,1H3,(H,25,27). The number of amides is 2. The molecule has 31 heavy (non-hydrogen) atoms. The molecule has 0 aromatic heterocycles. The highest BCUT2D eigenvalue weighted by Crippen LogP contribution is 2.23. The van der Waals surface area contributed by atoms with E-state index >= 15 is 0 Å². The molecule has 0 bridgehead atoms. The molecule has 0 atom stereocenters. The fourth-order valence-corrected chi connectivity index (χ4v) is 3.46. The first-order chi connectivity index (χ1) is 15.0. The number of nitrogens with zero attached hydrogens (tertiary/aromatic N) is 1. The number of carbonyl (C=O) groups excluding carboxylic acids is 3. The molecule has 7 heteroatoms. The maximum Gasteiger partial charge on any atom is 0.309 e. The molecular formula is C24H28N2O5. The molecule has 3 rings (SSSR count). The number of rotatable bonds is 8. The third-order valence-electron chi connectivity index (χ3n) is 5.15. The van der Waals surface area contributed by atoms with E-state index in [1.165, 1.54) is 0 Å². The molecule has 1 N–H and O–H groups in total. The van der Waals surface area contributed by atoms with Crippen LogP contribution in [0.15, 0.2) is 54.6 Å². The van der Waals surface area contributed by atoms with Crippen molar-refractivity contribution in [2.75, 3.05) is 25.0 Å². The number of hydrogen-bond donors (Lipinski definition) is 1. The van der Waals surface area contributed by atoms with Crippen molar-refractivity contribution >= 4 is 23.5 Å². The number of esters is 1. The number of ether oxygens (including phenoxy) is 2. The van der Waals surface area contributed by atoms with Crippen LogP contribution in [0.5, 0.6) is 11.5 Å². The Balaban J connectivity index is 1.39. The van der Waals surface area contributed by atoms with Crippen molar-refractivity contribution in [1.82, 2.24) is 4.90 Å². The zero-order valence-corrected chi connectivity index (χ0v) is 17.7. The summed E-state index contributed by atoms with van der Waals surface area (Å²) in [5.41, 5.74) is 0.646. The average Bonchev–Trinajstić information content (AvgIpc) is 2.80. The minimum atomic E-state index is -0.216. The highest BCUT2D eigenvalue weighted by molar-refractivity contribution is 5.93. The van der Waals surface area contributed by atoms with E-state index in [2.05, 4.69) is 5.32 Å². The van der Waals surface area contributed by atoms with Crippen LogP contribution in [0.25, 0.3) is 0 Å². The molecule has 164 valence electrons. The van der Waals surface area contributed by atoms with Gasteiger partial charge in [0.15, 0.2) is 0 Å². The lowest BCUT2D eigenvalue weighted by molar-refractivity contribution is -0.151. The Morgan fingerprint density at radius 1 is 0.935 bits per heavy atom. The Morgan fingerprint density at radius 3 is 2.23 bits per heavy atom. The van der Waals surface area contributed by atoms with E-state index in [0.717, 1.165) is 5.75 Å². The van der Waals surface area contributed by atoms with Crippen molar-refractivity contribution in [2.45, 2.75) is 32.6 Å². The van der Waals surface area contributed by atoms with Gasteiger partial charge in [0.1, 0.15) is 11.5 Å². The number of nitrogens with one attached hydrogen (secondary N) is 1. The Hall–Kier alpha value is -3.35. The molecule has 2 aromatic carbocycles. The third-order valence-corrected chi connectivity index (χ3v) is 5.15. The zero-order valence-electron chi connectivity index (χ0n) is 17.7. The number of benzene rings is 2. The Bertz CT molecular complexity index is 875. The Morgan fingerprint density at radius 2 is 1.58 bits per heavy atom. The second-order valence-corrected chi connectivity index (χ2v) is 7.39. The molecule has 0 unspecified atom stereocenters. The molecule has 1 aliphatic rings. The van der Waals surface area contributed by atoms with Gasteiger partial charge in [0.05, 0.1) is 12.5 Å². The van der Waals surface area contributed by atoms with Crippen LogP contribution >= 0.6 is 0 Å². The maximum absolute atomic E-state index is 12.4. The molecule has 0 saturated carbocycles. The summed E-state index contributed by atoms with van der Waals surface area (Å²) in [5.74, 6) is 0.806. The summed E-state index contributed by atoms with van der Waals surface area (Å²) >= 11 is 0. The largest absolute Gasteiger partial charge is 0.466 e. The summed E-state index contributed by atoms with van der Waals surface area (Å²) < 4.78 is 10.8. The molecule has 1 aliphatic heterocycles. The molecule has 1 saturated heterocycles. The molecule has 2 amide bonds. The average molecular weight is 424 g/mol. The third kappa shape index (κ3) is 6.84. The second-order valence-electron chi connectivity index (χ2n) is 7.39. The van der Waals surface area contributed by atoms with Crippen LogP contribution in [0.2, 0.25) is 0 Å². The SMILES string of the molecule is CCOC(=O)C1CCN(C(=O)CCC(=O)Nc2ccc(Oc3ccccc3)cc2)CC1. The summed E-state index contributed by atoms with van der Waals surface area (Å²) in [5, 5.41) is 2.80. The highest BCUT2D eigenvalue weighted by Gasteiger charge is 2.28. The lowest BCUT2D eigenvalue weighted by atomic mass is 9.96. The van der Waals surface area contributed by atoms with Crippen molar-refractivity contribution in [2.24, 2.45) is 5.92 Å². The van der Waals surface area contributed by atoms with Gasteiger partial charge >= 0.3 is 5.97 Å². The second kappa shape index (κ2) is 11.2. The zero-order chi connectivity index (χ0) is 22.1. The predicted molar refractivity (Wildman–Crippen MR) is 117 cm³/mol. The Labute approximate surface area is 182 Å². The van der Waals surface area contributed by atoms with E-state index < -0.39 is 0 Å². The van der Waals surface area contributed by atoms with Crippen molar-refractivity contribution in [3.8, 4) is 11.5 Å². The van der Waals surface area contributed by atoms with Gasteiger partial charge in [-0.1, -0.05) is 18.2 Å². The number of para-hydroxylation sites is 1. The Kier molecular flexibility index (Phi) is 8.04. The van der Waals surface area contributed by atoms with Crippen LogP contribution in [0.3, 0.4) is 0 Å². The van der Waals surface area contributed by atoms with Crippen molar-refractivity contribution in [3.05, 3.63) is 54.6 Å². The van der Waals surface area contributed by atoms with Gasteiger partial charge in [-0.15, -0.1) is 0 Å². The quantitative estimate of drug-likeness (QED) is 0.648. The van der Waals surface area contributed by atoms with Gasteiger partial charge in [-0.25, -0.2) is 0 Å². The molecule has 2 aromatic rings. The van der Waals surface area contributed by atoms with E-state index in [0.29, 0.717) is 44.0 Å². The molecule has 0 radical (unpaired) electrons. The molecule has 0 spiro atoms. The van der Waals surface area contributed by atoms with Crippen molar-refractivity contribution in [3.63, 3.8) is 0 Å². The fourth-order valence-electron chi connectivity index (χ4n) is 3.46. The summed E-state index contributed by atoms with van der Waals surface area (Å²) in [4.78, 5) is 38.1. The summed E-state index contributed by atoms with van der Waals surface area (Å²) in [7, 11) is 0. The smallest absolute Gasteiger partial charge is 0.309 e. The topological polar surface area (TPSA) is 84.9 Å². The van der Waals surface area contributed by atoms with Crippen LogP contribution in [-0.4, -0.2) is 42.4 Å². The summed E-state index contributed by atoms with van der Waals surface area (Å²) in [6.07, 6.45) is 1.46. The maximum atomic E-state index is 12.4. The van der Waals surface area contributed by atoms with Gasteiger partial charge < -0.3 is 19.7 Å². The minimum Gasteiger partial charge on any atom is -0.466 e. The first kappa shape index (κ1) is 22.3. The number of carbonyl (C=O) groups is 3. The van der Waals surface area contributed by atoms with E-state index in [1.807, 2.05) is 30.3 Å². The molecule has 0 aliphatic carbocycles. The minimum absolute atomic E-state index is 0.0657. The van der Waals surface area contributed by atoms with Crippen molar-refractivity contribution < 1.29 is 23.9 Å². The van der Waals surface area contributed by atoms with Gasteiger partial charge in [-0.3, -0.25) is 14.4 Å². The molecule has 1 fully saturated rings. The van der Waals surface area contributed by atoms with Gasteiger partial charge in [-0.05, 0) is 56.2 Å². The van der Waals surface area contributed by atoms with Gasteiger partial charge in [0.25, 0.3) is 0 Å². The van der Waals surface area contributed by atoms with Gasteiger partial charge in [0.2, 0.25) is 11.8 Å². The lowest BCUT2D eigenvalue weighted by Crippen LogP contribution is -2.40. The van der Waals surface area contributed by atoms with E-state index in [1.54, 1.807) is 36.1 Å². The van der Waals surface area contributed by atoms with Crippen molar-refractivity contribution in [1.29, 1.82) is 0 Å². The van der Waals surface area contributed by atoms with E-state index in [4.69, 9.17) is 9.47 Å². The molecular weight excluding hydrogens is 396 g/mol. The van der Waals surface area contributed by atoms with Gasteiger partial charge in [0, 0.05) is 31.6 Å². The van der Waals surface area contributed by atoms with E-state index in [-0.39, 0.29) is 36.5 Å². The van der Waals surface area contributed by atoms with Crippen LogP contribution in [-0.2, 0) is 19.1 Å². The number of anilines is 1. The van der Waals surface area contributed by atoms with Crippen LogP contribution in [0.4, 0.5) is 5.69 Å². The highest BCUT2D eigenvalue weighted by atomic mass is 16.5. The molecule has 1 heterocycles. The summed E-state index contributed by atoms with van der Waals surface area (Å²) in [6.45, 7) is 3.20. The fraction of sp³-hybridized carbons (Fsp3) is 0.375. The number of piperidine rings is 1. The first-order valence-electron chi connectivity index (χ1n) is 10.6. The monoisotopic (exact) mass is 424 g/mol. The summed E-state index contributed by atoms with van der Waals surface area (Å²) in [6, 6.07) is 16.5. The molecule has 7 nitrogen and oxygen atoms in total. The lowest BCUT2D eigenvalue weighted by Gasteiger charge is -2.30. The normalized spacial score (nSPS) is 14.0. The number of hydrogen-bond acceptors (Lipinski definition) is 5. The van der Waals surface area contributed by atoms with E-state index in [9.17, 15) is 14.4 Å². The number of likely N-dealkylation sites (tertiary alicyclic amines) is 1. The predicted octanol–water partition coefficient (Wildman–Crippen LogP) is 4.00.